The van der Waals surface area contributed by atoms with Gasteiger partial charge in [-0.05, 0) is 46.7 Å². The third kappa shape index (κ3) is 3.50. The molecule has 0 saturated carbocycles. The Morgan fingerprint density at radius 2 is 1.22 bits per heavy atom. The fourth-order valence-corrected chi connectivity index (χ4v) is 3.49. The van der Waals surface area contributed by atoms with Crippen LogP contribution in [-0.2, 0) is 5.41 Å². The molecule has 134 valence electrons. The first-order valence-corrected chi connectivity index (χ1v) is 9.49. The fraction of sp³-hybridized carbons (Fsp3) is 0.192. The Morgan fingerprint density at radius 3 is 1.85 bits per heavy atom. The van der Waals surface area contributed by atoms with E-state index in [9.17, 15) is 0 Å². The predicted octanol–water partition coefficient (Wildman–Crippen LogP) is 7.17. The van der Waals surface area contributed by atoms with Crippen molar-refractivity contribution in [2.45, 2.75) is 33.1 Å². The van der Waals surface area contributed by atoms with Gasteiger partial charge in [-0.25, -0.2) is 4.98 Å². The van der Waals surface area contributed by atoms with E-state index in [4.69, 9.17) is 4.98 Å². The second-order valence-electron chi connectivity index (χ2n) is 8.25. The number of aromatic nitrogens is 1. The number of benzene rings is 3. The molecule has 0 bridgehead atoms. The van der Waals surface area contributed by atoms with Crippen LogP contribution in [0.2, 0.25) is 0 Å². The summed E-state index contributed by atoms with van der Waals surface area (Å²) in [6.07, 6.45) is 0. The van der Waals surface area contributed by atoms with Gasteiger partial charge in [0.1, 0.15) is 0 Å². The summed E-state index contributed by atoms with van der Waals surface area (Å²) in [5, 5.41) is 1.22. The van der Waals surface area contributed by atoms with Gasteiger partial charge in [0, 0.05) is 10.9 Å². The van der Waals surface area contributed by atoms with Crippen molar-refractivity contribution >= 4 is 10.9 Å². The van der Waals surface area contributed by atoms with Crippen molar-refractivity contribution in [3.8, 4) is 22.4 Å². The summed E-state index contributed by atoms with van der Waals surface area (Å²) in [6, 6.07) is 28.1. The van der Waals surface area contributed by atoms with E-state index in [0.29, 0.717) is 0 Å². The predicted molar refractivity (Wildman–Crippen MR) is 116 cm³/mol. The van der Waals surface area contributed by atoms with Crippen LogP contribution in [-0.4, -0.2) is 4.98 Å². The lowest BCUT2D eigenvalue weighted by atomic mass is 9.86. The first kappa shape index (κ1) is 17.5. The lowest BCUT2D eigenvalue weighted by Crippen LogP contribution is -2.10. The van der Waals surface area contributed by atoms with Crippen LogP contribution in [0.5, 0.6) is 0 Å². The third-order valence-electron chi connectivity index (χ3n) is 5.19. The normalized spacial score (nSPS) is 11.7. The summed E-state index contributed by atoms with van der Waals surface area (Å²) in [4.78, 5) is 4.85. The van der Waals surface area contributed by atoms with Gasteiger partial charge in [-0.15, -0.1) is 0 Å². The first-order valence-electron chi connectivity index (χ1n) is 9.49. The monoisotopic (exact) mass is 351 g/mol. The molecular weight excluding hydrogens is 326 g/mol. The van der Waals surface area contributed by atoms with E-state index in [1.165, 1.54) is 27.6 Å². The summed E-state index contributed by atoms with van der Waals surface area (Å²) >= 11 is 0. The van der Waals surface area contributed by atoms with Gasteiger partial charge in [0.2, 0.25) is 0 Å². The SMILES string of the molecule is Cc1cc(-c2ccc(-c3ccc(C(C)(C)C)cc3)cc2)nc2ccccc12. The van der Waals surface area contributed by atoms with Gasteiger partial charge in [-0.3, -0.25) is 0 Å². The van der Waals surface area contributed by atoms with Gasteiger partial charge in [-0.2, -0.15) is 0 Å². The van der Waals surface area contributed by atoms with Crippen LogP contribution < -0.4 is 0 Å². The number of aryl methyl sites for hydroxylation is 1. The maximum Gasteiger partial charge on any atom is 0.0712 e. The molecule has 0 unspecified atom stereocenters. The summed E-state index contributed by atoms with van der Waals surface area (Å²) in [5.41, 5.74) is 8.52. The fourth-order valence-electron chi connectivity index (χ4n) is 3.49. The molecule has 27 heavy (non-hydrogen) atoms. The molecule has 1 heterocycles. The zero-order chi connectivity index (χ0) is 19.0. The quantitative estimate of drug-likeness (QED) is 0.373. The Bertz CT molecular complexity index is 1080. The van der Waals surface area contributed by atoms with Crippen LogP contribution >= 0.6 is 0 Å². The molecule has 1 nitrogen and oxygen atoms in total. The van der Waals surface area contributed by atoms with Crippen molar-refractivity contribution in [2.75, 3.05) is 0 Å². The number of hydrogen-bond donors (Lipinski definition) is 0. The van der Waals surface area contributed by atoms with Crippen LogP contribution in [0.15, 0.2) is 78.9 Å². The molecule has 1 heteroatoms. The molecule has 0 aliphatic heterocycles. The maximum absolute atomic E-state index is 4.85. The highest BCUT2D eigenvalue weighted by Gasteiger charge is 2.13. The number of rotatable bonds is 2. The number of fused-ring (bicyclic) bond motifs is 1. The van der Waals surface area contributed by atoms with Crippen molar-refractivity contribution < 1.29 is 0 Å². The van der Waals surface area contributed by atoms with Crippen LogP contribution in [0.3, 0.4) is 0 Å². The zero-order valence-corrected chi connectivity index (χ0v) is 16.5. The highest BCUT2D eigenvalue weighted by molar-refractivity contribution is 5.85. The number of hydrogen-bond acceptors (Lipinski definition) is 1. The molecule has 0 spiro atoms. The van der Waals surface area contributed by atoms with Gasteiger partial charge < -0.3 is 0 Å². The molecule has 1 aromatic heterocycles. The van der Waals surface area contributed by atoms with Crippen molar-refractivity contribution in [2.24, 2.45) is 0 Å². The van der Waals surface area contributed by atoms with Gasteiger partial charge >= 0.3 is 0 Å². The average Bonchev–Trinajstić information content (AvgIpc) is 2.67. The molecule has 3 aromatic carbocycles. The summed E-state index contributed by atoms with van der Waals surface area (Å²) in [5.74, 6) is 0. The molecule has 0 amide bonds. The molecule has 0 radical (unpaired) electrons. The summed E-state index contributed by atoms with van der Waals surface area (Å²) in [6.45, 7) is 8.89. The highest BCUT2D eigenvalue weighted by atomic mass is 14.7. The van der Waals surface area contributed by atoms with Crippen LogP contribution in [0, 0.1) is 6.92 Å². The molecule has 0 aliphatic carbocycles. The second-order valence-corrected chi connectivity index (χ2v) is 8.25. The summed E-state index contributed by atoms with van der Waals surface area (Å²) < 4.78 is 0. The van der Waals surface area contributed by atoms with E-state index < -0.39 is 0 Å². The molecule has 0 fully saturated rings. The van der Waals surface area contributed by atoms with E-state index in [2.05, 4.69) is 100 Å². The topological polar surface area (TPSA) is 12.9 Å². The molecular formula is C26H25N. The van der Waals surface area contributed by atoms with Crippen LogP contribution in [0.4, 0.5) is 0 Å². The molecule has 0 N–H and O–H groups in total. The third-order valence-corrected chi connectivity index (χ3v) is 5.19. The Balaban J connectivity index is 1.66. The van der Waals surface area contributed by atoms with Crippen LogP contribution in [0.1, 0.15) is 31.9 Å². The smallest absolute Gasteiger partial charge is 0.0712 e. The number of para-hydroxylation sites is 1. The van der Waals surface area contributed by atoms with E-state index in [1.54, 1.807) is 0 Å². The van der Waals surface area contributed by atoms with Crippen molar-refractivity contribution in [1.82, 2.24) is 4.98 Å². The molecule has 0 saturated heterocycles. The average molecular weight is 351 g/mol. The molecule has 4 rings (SSSR count). The second kappa shape index (κ2) is 6.66. The Kier molecular flexibility index (Phi) is 4.31. The number of nitrogens with zero attached hydrogens (tertiary/aromatic N) is 1. The Hall–Kier alpha value is -2.93. The highest BCUT2D eigenvalue weighted by Crippen LogP contribution is 2.29. The Labute approximate surface area is 161 Å². The van der Waals surface area contributed by atoms with E-state index in [-0.39, 0.29) is 5.41 Å². The molecule has 0 atom stereocenters. The van der Waals surface area contributed by atoms with E-state index >= 15 is 0 Å². The maximum atomic E-state index is 4.85. The van der Waals surface area contributed by atoms with Gasteiger partial charge in [-0.1, -0.05) is 87.5 Å². The van der Waals surface area contributed by atoms with Crippen LogP contribution in [0.25, 0.3) is 33.3 Å². The van der Waals surface area contributed by atoms with Crippen molar-refractivity contribution in [3.05, 3.63) is 90.0 Å². The lowest BCUT2D eigenvalue weighted by molar-refractivity contribution is 0.590. The summed E-state index contributed by atoms with van der Waals surface area (Å²) in [7, 11) is 0. The van der Waals surface area contributed by atoms with Crippen molar-refractivity contribution in [1.29, 1.82) is 0 Å². The van der Waals surface area contributed by atoms with Gasteiger partial charge in [0.05, 0.1) is 11.2 Å². The zero-order valence-electron chi connectivity index (χ0n) is 16.5. The standard InChI is InChI=1S/C26H25N/c1-18-17-25(27-24-8-6-5-7-23(18)24)21-11-9-19(10-12-21)20-13-15-22(16-14-20)26(2,3)4/h5-17H,1-4H3. The number of pyridine rings is 1. The minimum Gasteiger partial charge on any atom is -0.248 e. The van der Waals surface area contributed by atoms with Gasteiger partial charge in [0.25, 0.3) is 0 Å². The van der Waals surface area contributed by atoms with Crippen molar-refractivity contribution in [3.63, 3.8) is 0 Å². The molecule has 0 aliphatic rings. The Morgan fingerprint density at radius 1 is 0.667 bits per heavy atom. The lowest BCUT2D eigenvalue weighted by Gasteiger charge is -2.19. The van der Waals surface area contributed by atoms with E-state index in [0.717, 1.165) is 16.8 Å². The molecule has 4 aromatic rings. The first-order chi connectivity index (χ1) is 12.9. The van der Waals surface area contributed by atoms with E-state index in [1.807, 2.05) is 6.07 Å². The minimum atomic E-state index is 0.183. The minimum absolute atomic E-state index is 0.183. The van der Waals surface area contributed by atoms with Gasteiger partial charge in [0.15, 0.2) is 0 Å². The largest absolute Gasteiger partial charge is 0.248 e.